The SMILES string of the molecule is O=C(O)N1CCC(c2oc3ccccc3c2F)CC1. The molecule has 1 aliphatic rings. The van der Waals surface area contributed by atoms with Gasteiger partial charge in [0.05, 0.1) is 5.39 Å². The Morgan fingerprint density at radius 3 is 2.63 bits per heavy atom. The summed E-state index contributed by atoms with van der Waals surface area (Å²) in [6.45, 7) is 0.854. The number of piperidine rings is 1. The first-order valence-corrected chi connectivity index (χ1v) is 6.31. The summed E-state index contributed by atoms with van der Waals surface area (Å²) >= 11 is 0. The average Bonchev–Trinajstić information content (AvgIpc) is 2.77. The number of benzene rings is 1. The van der Waals surface area contributed by atoms with Crippen molar-refractivity contribution in [2.45, 2.75) is 18.8 Å². The van der Waals surface area contributed by atoms with Crippen LogP contribution in [0, 0.1) is 5.82 Å². The van der Waals surface area contributed by atoms with Gasteiger partial charge in [0.1, 0.15) is 11.3 Å². The van der Waals surface area contributed by atoms with Crippen LogP contribution in [0.25, 0.3) is 11.0 Å². The molecule has 3 rings (SSSR count). The van der Waals surface area contributed by atoms with Crippen molar-refractivity contribution in [1.29, 1.82) is 0 Å². The fourth-order valence-electron chi connectivity index (χ4n) is 2.63. The van der Waals surface area contributed by atoms with E-state index in [0.717, 1.165) is 0 Å². The second-order valence-corrected chi connectivity index (χ2v) is 4.82. The second kappa shape index (κ2) is 4.57. The molecule has 1 saturated heterocycles. The molecule has 0 unspecified atom stereocenters. The van der Waals surface area contributed by atoms with Crippen molar-refractivity contribution in [2.24, 2.45) is 0 Å². The van der Waals surface area contributed by atoms with Gasteiger partial charge in [0, 0.05) is 19.0 Å². The maximum atomic E-state index is 14.2. The maximum absolute atomic E-state index is 14.2. The molecule has 0 aliphatic carbocycles. The number of rotatable bonds is 1. The smallest absolute Gasteiger partial charge is 0.407 e. The molecule has 2 aromatic rings. The van der Waals surface area contributed by atoms with E-state index in [9.17, 15) is 9.18 Å². The number of para-hydroxylation sites is 1. The Morgan fingerprint density at radius 2 is 2.00 bits per heavy atom. The van der Waals surface area contributed by atoms with Gasteiger partial charge in [-0.05, 0) is 25.0 Å². The van der Waals surface area contributed by atoms with Crippen LogP contribution in [0.5, 0.6) is 0 Å². The number of halogens is 1. The highest BCUT2D eigenvalue weighted by atomic mass is 19.1. The zero-order chi connectivity index (χ0) is 13.4. The third-order valence-corrected chi connectivity index (χ3v) is 3.70. The first kappa shape index (κ1) is 12.0. The zero-order valence-corrected chi connectivity index (χ0v) is 10.3. The van der Waals surface area contributed by atoms with Gasteiger partial charge in [0.25, 0.3) is 0 Å². The normalized spacial score (nSPS) is 17.0. The van der Waals surface area contributed by atoms with Crippen molar-refractivity contribution in [3.05, 3.63) is 35.8 Å². The minimum absolute atomic E-state index is 0.0389. The Morgan fingerprint density at radius 1 is 1.32 bits per heavy atom. The number of carboxylic acid groups (broad SMARTS) is 1. The second-order valence-electron chi connectivity index (χ2n) is 4.82. The van der Waals surface area contributed by atoms with Gasteiger partial charge in [-0.3, -0.25) is 0 Å². The Hall–Kier alpha value is -2.04. The Labute approximate surface area is 109 Å². The van der Waals surface area contributed by atoms with Crippen LogP contribution in [0.15, 0.2) is 28.7 Å². The highest BCUT2D eigenvalue weighted by Gasteiger charge is 2.28. The average molecular weight is 263 g/mol. The van der Waals surface area contributed by atoms with E-state index in [1.807, 2.05) is 6.07 Å². The van der Waals surface area contributed by atoms with Gasteiger partial charge >= 0.3 is 6.09 Å². The lowest BCUT2D eigenvalue weighted by molar-refractivity contribution is 0.130. The molecule has 1 fully saturated rings. The summed E-state index contributed by atoms with van der Waals surface area (Å²) < 4.78 is 19.8. The third-order valence-electron chi connectivity index (χ3n) is 3.70. The van der Waals surface area contributed by atoms with Crippen LogP contribution in [-0.4, -0.2) is 29.2 Å². The van der Waals surface area contributed by atoms with Gasteiger partial charge < -0.3 is 14.4 Å². The summed E-state index contributed by atoms with van der Waals surface area (Å²) in [6.07, 6.45) is 0.287. The predicted octanol–water partition coefficient (Wildman–Crippen LogP) is 3.43. The van der Waals surface area contributed by atoms with Gasteiger partial charge in [0.2, 0.25) is 0 Å². The number of likely N-dealkylation sites (tertiary alicyclic amines) is 1. The molecule has 5 heteroatoms. The summed E-state index contributed by atoms with van der Waals surface area (Å²) in [7, 11) is 0. The molecule has 1 aromatic carbocycles. The number of furan rings is 1. The van der Waals surface area contributed by atoms with Gasteiger partial charge in [-0.2, -0.15) is 0 Å². The number of hydrogen-bond donors (Lipinski definition) is 1. The standard InChI is InChI=1S/C14H14FNO3/c15-12-10-3-1-2-4-11(10)19-13(12)9-5-7-16(8-6-9)14(17)18/h1-4,9H,5-8H2,(H,17,18). The van der Waals surface area contributed by atoms with E-state index in [1.54, 1.807) is 18.2 Å². The van der Waals surface area contributed by atoms with Crippen molar-refractivity contribution < 1.29 is 18.7 Å². The lowest BCUT2D eigenvalue weighted by Crippen LogP contribution is -2.36. The fraction of sp³-hybridized carbons (Fsp3) is 0.357. The fourth-order valence-corrected chi connectivity index (χ4v) is 2.63. The molecule has 1 aliphatic heterocycles. The number of nitrogens with zero attached hydrogens (tertiary/aromatic N) is 1. The minimum atomic E-state index is -0.913. The van der Waals surface area contributed by atoms with Crippen molar-refractivity contribution in [3.8, 4) is 0 Å². The van der Waals surface area contributed by atoms with Crippen LogP contribution in [0.2, 0.25) is 0 Å². The van der Waals surface area contributed by atoms with Crippen LogP contribution in [0.1, 0.15) is 24.5 Å². The van der Waals surface area contributed by atoms with Crippen molar-refractivity contribution in [2.75, 3.05) is 13.1 Å². The number of fused-ring (bicyclic) bond motifs is 1. The maximum Gasteiger partial charge on any atom is 0.407 e. The summed E-state index contributed by atoms with van der Waals surface area (Å²) in [5.41, 5.74) is 0.552. The van der Waals surface area contributed by atoms with E-state index >= 15 is 0 Å². The van der Waals surface area contributed by atoms with E-state index in [0.29, 0.717) is 42.7 Å². The van der Waals surface area contributed by atoms with E-state index < -0.39 is 6.09 Å². The third kappa shape index (κ3) is 2.05. The van der Waals surface area contributed by atoms with Gasteiger partial charge in [-0.15, -0.1) is 0 Å². The number of carbonyl (C=O) groups is 1. The van der Waals surface area contributed by atoms with Crippen molar-refractivity contribution >= 4 is 17.1 Å². The highest BCUT2D eigenvalue weighted by molar-refractivity contribution is 5.78. The molecular weight excluding hydrogens is 249 g/mol. The first-order chi connectivity index (χ1) is 9.16. The largest absolute Gasteiger partial charge is 0.465 e. The Bertz CT molecular complexity index is 614. The molecule has 0 saturated carbocycles. The zero-order valence-electron chi connectivity index (χ0n) is 10.3. The summed E-state index contributed by atoms with van der Waals surface area (Å²) in [4.78, 5) is 12.2. The lowest BCUT2D eigenvalue weighted by Gasteiger charge is -2.28. The summed E-state index contributed by atoms with van der Waals surface area (Å²) in [5.74, 6) is 0.0265. The molecule has 1 aromatic heterocycles. The van der Waals surface area contributed by atoms with Crippen LogP contribution >= 0.6 is 0 Å². The molecule has 1 N–H and O–H groups in total. The molecule has 2 heterocycles. The van der Waals surface area contributed by atoms with Gasteiger partial charge in [-0.25, -0.2) is 9.18 Å². The molecule has 0 bridgehead atoms. The summed E-state index contributed by atoms with van der Waals surface area (Å²) in [5, 5.41) is 9.39. The van der Waals surface area contributed by atoms with E-state index in [-0.39, 0.29) is 11.7 Å². The lowest BCUT2D eigenvalue weighted by atomic mass is 9.94. The van der Waals surface area contributed by atoms with Crippen molar-refractivity contribution in [1.82, 2.24) is 4.90 Å². The van der Waals surface area contributed by atoms with Crippen molar-refractivity contribution in [3.63, 3.8) is 0 Å². The number of amides is 1. The van der Waals surface area contributed by atoms with Crippen LogP contribution in [0.3, 0.4) is 0 Å². The van der Waals surface area contributed by atoms with Gasteiger partial charge in [-0.1, -0.05) is 12.1 Å². The molecular formula is C14H14FNO3. The minimum Gasteiger partial charge on any atom is -0.465 e. The van der Waals surface area contributed by atoms with Gasteiger partial charge in [0.15, 0.2) is 5.82 Å². The predicted molar refractivity (Wildman–Crippen MR) is 67.7 cm³/mol. The van der Waals surface area contributed by atoms with Crippen LogP contribution < -0.4 is 0 Å². The Balaban J connectivity index is 1.86. The molecule has 4 nitrogen and oxygen atoms in total. The molecule has 0 radical (unpaired) electrons. The Kier molecular flexibility index (Phi) is 2.89. The molecule has 100 valence electrons. The highest BCUT2D eigenvalue weighted by Crippen LogP contribution is 2.35. The quantitative estimate of drug-likeness (QED) is 0.857. The molecule has 0 atom stereocenters. The van der Waals surface area contributed by atoms with E-state index in [1.165, 1.54) is 4.90 Å². The topological polar surface area (TPSA) is 53.7 Å². The first-order valence-electron chi connectivity index (χ1n) is 6.31. The van der Waals surface area contributed by atoms with Crippen LogP contribution in [-0.2, 0) is 0 Å². The van der Waals surface area contributed by atoms with E-state index in [4.69, 9.17) is 9.52 Å². The van der Waals surface area contributed by atoms with E-state index in [2.05, 4.69) is 0 Å². The number of hydrogen-bond acceptors (Lipinski definition) is 2. The molecule has 0 spiro atoms. The molecule has 19 heavy (non-hydrogen) atoms. The molecule has 1 amide bonds. The summed E-state index contributed by atoms with van der Waals surface area (Å²) in [6, 6.07) is 7.03. The van der Waals surface area contributed by atoms with Crippen LogP contribution in [0.4, 0.5) is 9.18 Å². The monoisotopic (exact) mass is 263 g/mol.